The third-order valence-electron chi connectivity index (χ3n) is 8.93. The van der Waals surface area contributed by atoms with Crippen LogP contribution >= 0.6 is 0 Å². The normalized spacial score (nSPS) is 12.1. The predicted molar refractivity (Wildman–Crippen MR) is 224 cm³/mol. The first-order valence-corrected chi connectivity index (χ1v) is 22.8. The number of carboxylic acid groups (broad SMARTS) is 2. The lowest BCUT2D eigenvalue weighted by Crippen LogP contribution is -2.32. The molecule has 0 fully saturated rings. The van der Waals surface area contributed by atoms with Gasteiger partial charge >= 0.3 is 11.9 Å². The van der Waals surface area contributed by atoms with Crippen molar-refractivity contribution in [2.75, 3.05) is 78.2 Å². The van der Waals surface area contributed by atoms with E-state index in [1.165, 1.54) is 44.9 Å². The number of rotatable bonds is 44. The van der Waals surface area contributed by atoms with Crippen LogP contribution < -0.4 is 26.4 Å². The topological polar surface area (TPSA) is 271 Å². The van der Waals surface area contributed by atoms with Crippen LogP contribution in [-0.2, 0) is 58.7 Å². The first-order valence-electron chi connectivity index (χ1n) is 21.5. The van der Waals surface area contributed by atoms with Crippen molar-refractivity contribution >= 4 is 46.6 Å². The Labute approximate surface area is 353 Å². The fourth-order valence-electron chi connectivity index (χ4n) is 5.60. The molecule has 0 aliphatic rings. The van der Waals surface area contributed by atoms with Crippen molar-refractivity contribution in [2.24, 2.45) is 5.73 Å². The highest BCUT2D eigenvalue weighted by Gasteiger charge is 2.11. The number of ether oxygens (including phenoxy) is 4. The Hall–Kier alpha value is -3.23. The van der Waals surface area contributed by atoms with E-state index < -0.39 is 29.0 Å². The molecule has 0 aromatic heterocycles. The largest absolute Gasteiger partial charge is 0.481 e. The average molecular weight is 866 g/mol. The van der Waals surface area contributed by atoms with Crippen LogP contribution in [-0.4, -0.2) is 134 Å². The lowest BCUT2D eigenvalue weighted by molar-refractivity contribution is -0.139. The van der Waals surface area contributed by atoms with Gasteiger partial charge in [0.1, 0.15) is 30.2 Å². The summed E-state index contributed by atoms with van der Waals surface area (Å²) in [5, 5.41) is 25.4. The second kappa shape index (κ2) is 41.5. The first kappa shape index (κ1) is 55.8. The van der Waals surface area contributed by atoms with E-state index in [4.69, 9.17) is 34.9 Å². The second-order valence-electron chi connectivity index (χ2n) is 14.3. The fourth-order valence-corrected chi connectivity index (χ4v) is 6.47. The zero-order valence-corrected chi connectivity index (χ0v) is 36.1. The molecule has 1 unspecified atom stereocenters. The van der Waals surface area contributed by atoms with Crippen LogP contribution in [0.25, 0.3) is 0 Å². The summed E-state index contributed by atoms with van der Waals surface area (Å²) >= 11 is 0. The fraction of sp³-hybridized carbons (Fsp3) is 0.850. The minimum absolute atomic E-state index is 0.119. The minimum atomic E-state index is -1.51. The number of hydrogen-bond donors (Lipinski definition) is 7. The summed E-state index contributed by atoms with van der Waals surface area (Å²) in [7, 11) is -1.51. The highest BCUT2D eigenvalue weighted by Crippen LogP contribution is 2.14. The number of amides is 4. The Balaban J connectivity index is 3.47. The molecule has 0 bridgehead atoms. The van der Waals surface area contributed by atoms with E-state index in [-0.39, 0.29) is 102 Å². The van der Waals surface area contributed by atoms with Crippen LogP contribution in [0.15, 0.2) is 0 Å². The summed E-state index contributed by atoms with van der Waals surface area (Å²) in [6, 6.07) is -0.890. The van der Waals surface area contributed by atoms with E-state index in [0.717, 1.165) is 44.9 Å². The molecule has 0 aliphatic heterocycles. The molecular weight excluding hydrogens is 791 g/mol. The van der Waals surface area contributed by atoms with Gasteiger partial charge in [0.2, 0.25) is 23.6 Å². The molecule has 59 heavy (non-hydrogen) atoms. The van der Waals surface area contributed by atoms with Gasteiger partial charge in [0.15, 0.2) is 0 Å². The summed E-state index contributed by atoms with van der Waals surface area (Å²) in [4.78, 5) is 68.8. The van der Waals surface area contributed by atoms with Crippen molar-refractivity contribution in [2.45, 2.75) is 141 Å². The van der Waals surface area contributed by atoms with Crippen molar-refractivity contribution in [3.63, 3.8) is 0 Å². The van der Waals surface area contributed by atoms with Crippen LogP contribution in [0.5, 0.6) is 0 Å². The van der Waals surface area contributed by atoms with Crippen LogP contribution in [0.4, 0.5) is 0 Å². The third kappa shape index (κ3) is 42.7. The van der Waals surface area contributed by atoms with Crippen molar-refractivity contribution in [3.8, 4) is 0 Å². The molecule has 0 aromatic rings. The lowest BCUT2D eigenvalue weighted by atomic mass is 10.0. The van der Waals surface area contributed by atoms with Gasteiger partial charge in [-0.25, -0.2) is 4.21 Å². The zero-order valence-electron chi connectivity index (χ0n) is 35.3. The summed E-state index contributed by atoms with van der Waals surface area (Å²) in [5.41, 5.74) is 5.42. The summed E-state index contributed by atoms with van der Waals surface area (Å²) < 4.78 is 35.9. The van der Waals surface area contributed by atoms with Gasteiger partial charge in [-0.2, -0.15) is 0 Å². The zero-order chi connectivity index (χ0) is 43.6. The van der Waals surface area contributed by atoms with E-state index >= 15 is 0 Å². The molecule has 4 amide bonds. The highest BCUT2D eigenvalue weighted by atomic mass is 32.2. The lowest BCUT2D eigenvalue weighted by Gasteiger charge is -2.09. The van der Waals surface area contributed by atoms with Crippen molar-refractivity contribution in [1.29, 1.82) is 0 Å². The average Bonchev–Trinajstić information content (AvgIpc) is 3.19. The van der Waals surface area contributed by atoms with E-state index in [9.17, 15) is 33.0 Å². The minimum Gasteiger partial charge on any atom is -0.481 e. The first-order chi connectivity index (χ1) is 28.5. The molecule has 2 atom stereocenters. The standard InChI is InChI=1S/C40H75N5O13S/c41-34(40(52)53)18-15-16-22-42-37(48)32-57-29-28-56-26-24-44-38(49)33-58-30-27-55-25-23-43-35(46)20-17-31-59(54)45-36(47)19-13-11-9-7-5-3-1-2-4-6-8-10-12-14-21-39(50)51/h34H,1-33,41H2,(H,42,48)(H,43,46)(H,44,49)(H,45,47)(H,50,51)(H,52,53)/t34-,59?/m0/s1. The number of hydrogen-bond acceptors (Lipinski definition) is 12. The number of unbranched alkanes of at least 4 members (excludes halogenated alkanes) is 14. The number of carbonyl (C=O) groups excluding carboxylic acids is 4. The molecule has 0 heterocycles. The van der Waals surface area contributed by atoms with E-state index in [2.05, 4.69) is 20.7 Å². The monoisotopic (exact) mass is 866 g/mol. The van der Waals surface area contributed by atoms with Gasteiger partial charge in [-0.1, -0.05) is 77.0 Å². The molecule has 8 N–H and O–H groups in total. The number of carbonyl (C=O) groups is 6. The Kier molecular flexibility index (Phi) is 39.2. The molecule has 0 spiro atoms. The van der Waals surface area contributed by atoms with Crippen LogP contribution in [0.3, 0.4) is 0 Å². The van der Waals surface area contributed by atoms with Gasteiger partial charge in [-0.15, -0.1) is 0 Å². The van der Waals surface area contributed by atoms with Gasteiger partial charge in [0.05, 0.1) is 39.6 Å². The Morgan fingerprint density at radius 1 is 0.475 bits per heavy atom. The van der Waals surface area contributed by atoms with Crippen LogP contribution in [0.1, 0.15) is 135 Å². The van der Waals surface area contributed by atoms with Gasteiger partial charge < -0.3 is 50.8 Å². The van der Waals surface area contributed by atoms with Gasteiger partial charge in [-0.3, -0.25) is 33.5 Å². The van der Waals surface area contributed by atoms with Gasteiger partial charge in [-0.05, 0) is 38.5 Å². The quantitative estimate of drug-likeness (QED) is 0.0435. The van der Waals surface area contributed by atoms with E-state index in [1.807, 2.05) is 0 Å². The molecule has 18 nitrogen and oxygen atoms in total. The summed E-state index contributed by atoms with van der Waals surface area (Å²) in [6.45, 7) is 2.14. The van der Waals surface area contributed by atoms with E-state index in [0.29, 0.717) is 45.2 Å². The molecule has 0 rings (SSSR count). The molecule has 0 saturated carbocycles. The molecule has 0 aromatic carbocycles. The number of nitrogens with two attached hydrogens (primary N) is 1. The van der Waals surface area contributed by atoms with Crippen molar-refractivity contribution in [1.82, 2.24) is 20.7 Å². The molecular formula is C40H75N5O13S. The maximum absolute atomic E-state index is 12.2. The molecule has 0 saturated heterocycles. The molecule has 344 valence electrons. The summed E-state index contributed by atoms with van der Waals surface area (Å²) in [5.74, 6) is -2.55. The predicted octanol–water partition coefficient (Wildman–Crippen LogP) is 2.87. The van der Waals surface area contributed by atoms with Gasteiger partial charge in [0.25, 0.3) is 0 Å². The Morgan fingerprint density at radius 3 is 1.39 bits per heavy atom. The Morgan fingerprint density at radius 2 is 0.898 bits per heavy atom. The van der Waals surface area contributed by atoms with Crippen LogP contribution in [0.2, 0.25) is 0 Å². The molecule has 19 heteroatoms. The van der Waals surface area contributed by atoms with Crippen LogP contribution in [0, 0.1) is 0 Å². The maximum Gasteiger partial charge on any atom is 0.320 e. The molecule has 0 aliphatic carbocycles. The summed E-state index contributed by atoms with van der Waals surface area (Å²) in [6.07, 6.45) is 18.3. The smallest absolute Gasteiger partial charge is 0.320 e. The Bertz CT molecular complexity index is 1150. The third-order valence-corrected chi connectivity index (χ3v) is 10.0. The maximum atomic E-state index is 12.2. The number of aliphatic carboxylic acids is 2. The SMILES string of the molecule is N[C@@H](CCCCNC(=O)COCCOCCNC(=O)COCCOCCNC(=O)CCCS(=O)NC(=O)CCCCCCCCCCCCCCCCC(=O)O)C(=O)O. The van der Waals surface area contributed by atoms with Crippen molar-refractivity contribution < 1.29 is 62.1 Å². The number of carboxylic acids is 2. The number of nitrogens with one attached hydrogen (secondary N) is 4. The van der Waals surface area contributed by atoms with E-state index in [1.54, 1.807) is 0 Å². The molecule has 0 radical (unpaired) electrons. The second-order valence-corrected chi connectivity index (χ2v) is 15.6. The highest BCUT2D eigenvalue weighted by molar-refractivity contribution is 7.83. The van der Waals surface area contributed by atoms with Crippen molar-refractivity contribution in [3.05, 3.63) is 0 Å². The van der Waals surface area contributed by atoms with Gasteiger partial charge in [0, 0.05) is 44.6 Å².